The van der Waals surface area contributed by atoms with Crippen LogP contribution in [0.25, 0.3) is 11.0 Å². The normalized spacial score (nSPS) is 10.6. The number of benzene rings is 2. The number of amides is 1. The summed E-state index contributed by atoms with van der Waals surface area (Å²) in [6.45, 7) is 0. The van der Waals surface area contributed by atoms with E-state index in [-0.39, 0.29) is 5.56 Å². The Morgan fingerprint density at radius 2 is 1.88 bits per heavy atom. The molecule has 2 aromatic carbocycles. The topological polar surface area (TPSA) is 79.1 Å². The summed E-state index contributed by atoms with van der Waals surface area (Å²) in [5.74, 6) is 0.00119. The molecule has 0 fully saturated rings. The van der Waals surface area contributed by atoms with Crippen LogP contribution in [0.4, 0.5) is 10.1 Å². The zero-order valence-corrected chi connectivity index (χ0v) is 13.7. The highest BCUT2D eigenvalue weighted by Gasteiger charge is 2.15. The lowest BCUT2D eigenvalue weighted by atomic mass is 10.1. The number of ether oxygens (including phenoxy) is 2. The summed E-state index contributed by atoms with van der Waals surface area (Å²) in [6, 6.07) is 7.37. The Bertz CT molecular complexity index is 980. The molecule has 124 valence electrons. The molecule has 0 atom stereocenters. The number of hydrogen-bond acceptors (Lipinski definition) is 4. The van der Waals surface area contributed by atoms with Gasteiger partial charge in [0.15, 0.2) is 16.3 Å². The number of carbonyl (C=O) groups excluding carboxylic acids is 1. The molecule has 0 aliphatic rings. The number of carbonyl (C=O) groups is 1. The number of H-pyrrole nitrogens is 2. The Morgan fingerprint density at radius 1 is 1.12 bits per heavy atom. The van der Waals surface area contributed by atoms with Crippen molar-refractivity contribution in [2.45, 2.75) is 0 Å². The van der Waals surface area contributed by atoms with Gasteiger partial charge in [0, 0.05) is 11.8 Å². The van der Waals surface area contributed by atoms with Crippen LogP contribution < -0.4 is 14.8 Å². The summed E-state index contributed by atoms with van der Waals surface area (Å²) in [5.41, 5.74) is 1.51. The van der Waals surface area contributed by atoms with E-state index in [0.29, 0.717) is 33.0 Å². The minimum Gasteiger partial charge on any atom is -0.493 e. The monoisotopic (exact) mass is 347 g/mol. The van der Waals surface area contributed by atoms with Gasteiger partial charge < -0.3 is 24.8 Å². The highest BCUT2D eigenvalue weighted by atomic mass is 32.1. The van der Waals surface area contributed by atoms with Gasteiger partial charge in [0.05, 0.1) is 30.8 Å². The van der Waals surface area contributed by atoms with Crippen LogP contribution in [0.1, 0.15) is 10.4 Å². The molecule has 0 radical (unpaired) electrons. The first kappa shape index (κ1) is 16.0. The molecule has 8 heteroatoms. The second-order valence-corrected chi connectivity index (χ2v) is 5.39. The van der Waals surface area contributed by atoms with E-state index in [2.05, 4.69) is 15.3 Å². The van der Waals surface area contributed by atoms with Gasteiger partial charge in [0.2, 0.25) is 0 Å². The molecular weight excluding hydrogens is 333 g/mol. The molecule has 0 saturated heterocycles. The molecule has 0 aliphatic heterocycles. The van der Waals surface area contributed by atoms with Gasteiger partial charge in [-0.1, -0.05) is 0 Å². The smallest absolute Gasteiger partial charge is 0.257 e. The molecule has 0 aliphatic carbocycles. The van der Waals surface area contributed by atoms with E-state index in [4.69, 9.17) is 21.7 Å². The summed E-state index contributed by atoms with van der Waals surface area (Å²) in [7, 11) is 3.02. The lowest BCUT2D eigenvalue weighted by Crippen LogP contribution is -2.13. The van der Waals surface area contributed by atoms with E-state index < -0.39 is 11.7 Å². The quantitative estimate of drug-likeness (QED) is 0.630. The van der Waals surface area contributed by atoms with E-state index in [1.807, 2.05) is 0 Å². The number of rotatable bonds is 4. The molecule has 0 saturated carbocycles. The molecule has 24 heavy (non-hydrogen) atoms. The van der Waals surface area contributed by atoms with Crippen LogP contribution in [0.2, 0.25) is 0 Å². The third kappa shape index (κ3) is 2.95. The minimum absolute atomic E-state index is 0.145. The van der Waals surface area contributed by atoms with Crippen LogP contribution in [0.5, 0.6) is 11.5 Å². The Balaban J connectivity index is 1.97. The molecule has 3 rings (SSSR count). The van der Waals surface area contributed by atoms with Gasteiger partial charge in [0.1, 0.15) is 5.82 Å². The van der Waals surface area contributed by atoms with Gasteiger partial charge in [-0.2, -0.15) is 0 Å². The first-order valence-corrected chi connectivity index (χ1v) is 7.37. The maximum absolute atomic E-state index is 13.7. The summed E-state index contributed by atoms with van der Waals surface area (Å²) in [5, 5.41) is 2.70. The highest BCUT2D eigenvalue weighted by molar-refractivity contribution is 7.71. The SMILES string of the molecule is COc1ccc(NC(=O)c2cc(F)cc3[nH]c(=S)[nH]c23)cc1OC. The second kappa shape index (κ2) is 6.32. The predicted octanol–water partition coefficient (Wildman–Crippen LogP) is 3.63. The third-order valence-corrected chi connectivity index (χ3v) is 3.68. The van der Waals surface area contributed by atoms with Gasteiger partial charge >= 0.3 is 0 Å². The van der Waals surface area contributed by atoms with Gasteiger partial charge in [-0.25, -0.2) is 4.39 Å². The largest absolute Gasteiger partial charge is 0.493 e. The second-order valence-electron chi connectivity index (χ2n) is 4.98. The minimum atomic E-state index is -0.537. The van der Waals surface area contributed by atoms with Crippen LogP contribution in [-0.4, -0.2) is 30.1 Å². The summed E-state index contributed by atoms with van der Waals surface area (Å²) in [4.78, 5) is 18.2. The lowest BCUT2D eigenvalue weighted by Gasteiger charge is -2.11. The van der Waals surface area contributed by atoms with Crippen molar-refractivity contribution in [3.63, 3.8) is 0 Å². The van der Waals surface area contributed by atoms with Gasteiger partial charge in [0.25, 0.3) is 5.91 Å². The van der Waals surface area contributed by atoms with E-state index in [1.165, 1.54) is 20.3 Å². The van der Waals surface area contributed by atoms with Gasteiger partial charge in [-0.05, 0) is 36.5 Å². The number of aromatic amines is 2. The fourth-order valence-electron chi connectivity index (χ4n) is 2.40. The third-order valence-electron chi connectivity index (χ3n) is 3.48. The molecule has 0 bridgehead atoms. The van der Waals surface area contributed by atoms with Crippen molar-refractivity contribution < 1.29 is 18.7 Å². The maximum Gasteiger partial charge on any atom is 0.257 e. The van der Waals surface area contributed by atoms with E-state index in [1.54, 1.807) is 18.2 Å². The molecule has 0 unspecified atom stereocenters. The van der Waals surface area contributed by atoms with Gasteiger partial charge in [-0.15, -0.1) is 0 Å². The Hall–Kier alpha value is -2.87. The first-order chi connectivity index (χ1) is 11.5. The van der Waals surface area contributed by atoms with Crippen molar-refractivity contribution >= 4 is 34.8 Å². The lowest BCUT2D eigenvalue weighted by molar-refractivity contribution is 0.102. The number of hydrogen-bond donors (Lipinski definition) is 3. The molecule has 3 aromatic rings. The Kier molecular flexibility index (Phi) is 4.22. The zero-order chi connectivity index (χ0) is 17.3. The highest BCUT2D eigenvalue weighted by Crippen LogP contribution is 2.30. The van der Waals surface area contributed by atoms with Crippen LogP contribution in [-0.2, 0) is 0 Å². The molecule has 1 heterocycles. The summed E-state index contributed by atoms with van der Waals surface area (Å²) in [6.07, 6.45) is 0. The number of methoxy groups -OCH3 is 2. The van der Waals surface area contributed by atoms with Crippen molar-refractivity contribution in [3.8, 4) is 11.5 Å². The Morgan fingerprint density at radius 3 is 2.58 bits per heavy atom. The molecule has 6 nitrogen and oxygen atoms in total. The van der Waals surface area contributed by atoms with E-state index >= 15 is 0 Å². The van der Waals surface area contributed by atoms with Crippen LogP contribution in [0, 0.1) is 10.6 Å². The number of nitrogens with one attached hydrogen (secondary N) is 3. The number of imidazole rings is 1. The fraction of sp³-hybridized carbons (Fsp3) is 0.125. The number of fused-ring (bicyclic) bond motifs is 1. The maximum atomic E-state index is 13.7. The average molecular weight is 347 g/mol. The Labute approximate surface area is 141 Å². The van der Waals surface area contributed by atoms with Crippen molar-refractivity contribution in [3.05, 3.63) is 46.5 Å². The van der Waals surface area contributed by atoms with Crippen LogP contribution in [0.15, 0.2) is 30.3 Å². The molecule has 3 N–H and O–H groups in total. The number of aromatic nitrogens is 2. The molecular formula is C16H14FN3O3S. The average Bonchev–Trinajstić information content (AvgIpc) is 2.93. The standard InChI is InChI=1S/C16H14FN3O3S/c1-22-12-4-3-9(7-13(12)23-2)18-15(21)10-5-8(17)6-11-14(10)20-16(24)19-11/h3-7H,1-2H3,(H,18,21)(H2,19,20,24). The van der Waals surface area contributed by atoms with E-state index in [9.17, 15) is 9.18 Å². The van der Waals surface area contributed by atoms with Crippen molar-refractivity contribution in [1.29, 1.82) is 0 Å². The molecule has 1 amide bonds. The van der Waals surface area contributed by atoms with Crippen molar-refractivity contribution in [1.82, 2.24) is 9.97 Å². The van der Waals surface area contributed by atoms with Crippen molar-refractivity contribution in [2.24, 2.45) is 0 Å². The number of anilines is 1. The molecule has 1 aromatic heterocycles. The fourth-order valence-corrected chi connectivity index (χ4v) is 2.61. The van der Waals surface area contributed by atoms with E-state index in [0.717, 1.165) is 6.07 Å². The van der Waals surface area contributed by atoms with Gasteiger partial charge in [-0.3, -0.25) is 4.79 Å². The van der Waals surface area contributed by atoms with Crippen LogP contribution >= 0.6 is 12.2 Å². The first-order valence-electron chi connectivity index (χ1n) is 6.96. The number of halogens is 1. The zero-order valence-electron chi connectivity index (χ0n) is 12.9. The predicted molar refractivity (Wildman–Crippen MR) is 90.9 cm³/mol. The molecule has 0 spiro atoms. The summed E-state index contributed by atoms with van der Waals surface area (Å²) < 4.78 is 24.4. The van der Waals surface area contributed by atoms with Crippen molar-refractivity contribution in [2.75, 3.05) is 19.5 Å². The summed E-state index contributed by atoms with van der Waals surface area (Å²) >= 11 is 5.00. The van der Waals surface area contributed by atoms with Crippen LogP contribution in [0.3, 0.4) is 0 Å².